The highest BCUT2D eigenvalue weighted by Gasteiger charge is 2.22. The second kappa shape index (κ2) is 9.76. The average molecular weight is 349 g/mol. The summed E-state index contributed by atoms with van der Waals surface area (Å²) in [5.74, 6) is 1.07. The number of amides is 3. The second-order valence-electron chi connectivity index (χ2n) is 5.89. The van der Waals surface area contributed by atoms with Gasteiger partial charge in [0.25, 0.3) is 5.91 Å². The Morgan fingerprint density at radius 3 is 2.48 bits per heavy atom. The van der Waals surface area contributed by atoms with E-state index in [0.29, 0.717) is 44.2 Å². The van der Waals surface area contributed by atoms with Crippen molar-refractivity contribution in [1.29, 1.82) is 0 Å². The number of nitrogens with zero attached hydrogens (tertiary/aromatic N) is 2. The SMILES string of the molecule is CCCNC(=O)N1CCCN(C(=O)COc2ccccc2OC)CC1. The van der Waals surface area contributed by atoms with Gasteiger partial charge in [-0.05, 0) is 25.0 Å². The monoisotopic (exact) mass is 349 g/mol. The van der Waals surface area contributed by atoms with Crippen molar-refractivity contribution in [1.82, 2.24) is 15.1 Å². The lowest BCUT2D eigenvalue weighted by Gasteiger charge is -2.22. The normalized spacial score (nSPS) is 14.6. The molecule has 0 unspecified atom stereocenters. The highest BCUT2D eigenvalue weighted by Crippen LogP contribution is 2.25. The molecular weight excluding hydrogens is 322 g/mol. The Hall–Kier alpha value is -2.44. The summed E-state index contributed by atoms with van der Waals surface area (Å²) in [7, 11) is 1.57. The number of para-hydroxylation sites is 2. The Kier molecular flexibility index (Phi) is 7.37. The molecule has 7 heteroatoms. The lowest BCUT2D eigenvalue weighted by molar-refractivity contribution is -0.133. The third-order valence-corrected chi connectivity index (χ3v) is 4.08. The van der Waals surface area contributed by atoms with Crippen LogP contribution >= 0.6 is 0 Å². The minimum absolute atomic E-state index is 0.0393. The van der Waals surface area contributed by atoms with E-state index in [1.165, 1.54) is 0 Å². The first-order valence-corrected chi connectivity index (χ1v) is 8.72. The molecule has 1 N–H and O–H groups in total. The predicted octanol–water partition coefficient (Wildman–Crippen LogP) is 1.73. The van der Waals surface area contributed by atoms with Gasteiger partial charge < -0.3 is 24.6 Å². The number of rotatable bonds is 6. The first-order valence-electron chi connectivity index (χ1n) is 8.72. The van der Waals surface area contributed by atoms with Crippen LogP contribution in [-0.4, -0.2) is 68.2 Å². The number of benzene rings is 1. The fourth-order valence-electron chi connectivity index (χ4n) is 2.68. The number of carbonyl (C=O) groups is 2. The first-order chi connectivity index (χ1) is 12.2. The number of ether oxygens (including phenoxy) is 2. The van der Waals surface area contributed by atoms with Crippen molar-refractivity contribution >= 4 is 11.9 Å². The number of carbonyl (C=O) groups excluding carboxylic acids is 2. The van der Waals surface area contributed by atoms with Gasteiger partial charge in [0.05, 0.1) is 7.11 Å². The minimum Gasteiger partial charge on any atom is -0.493 e. The Labute approximate surface area is 148 Å². The van der Waals surface area contributed by atoms with Gasteiger partial charge >= 0.3 is 6.03 Å². The summed E-state index contributed by atoms with van der Waals surface area (Å²) in [5.41, 5.74) is 0. The first kappa shape index (κ1) is 18.9. The Morgan fingerprint density at radius 2 is 1.76 bits per heavy atom. The van der Waals surface area contributed by atoms with Crippen LogP contribution in [0.25, 0.3) is 0 Å². The number of urea groups is 1. The van der Waals surface area contributed by atoms with Gasteiger partial charge in [0.1, 0.15) is 0 Å². The predicted molar refractivity (Wildman–Crippen MR) is 94.9 cm³/mol. The maximum Gasteiger partial charge on any atom is 0.317 e. The molecule has 0 bridgehead atoms. The molecule has 25 heavy (non-hydrogen) atoms. The zero-order valence-corrected chi connectivity index (χ0v) is 15.0. The third kappa shape index (κ3) is 5.55. The van der Waals surface area contributed by atoms with Crippen molar-refractivity contribution in [2.24, 2.45) is 0 Å². The van der Waals surface area contributed by atoms with Crippen molar-refractivity contribution in [2.45, 2.75) is 19.8 Å². The van der Waals surface area contributed by atoms with Crippen LogP contribution in [0.3, 0.4) is 0 Å². The summed E-state index contributed by atoms with van der Waals surface area (Å²) in [4.78, 5) is 28.0. The largest absolute Gasteiger partial charge is 0.493 e. The molecule has 0 saturated carbocycles. The van der Waals surface area contributed by atoms with Crippen molar-refractivity contribution in [3.05, 3.63) is 24.3 Å². The van der Waals surface area contributed by atoms with Crippen molar-refractivity contribution in [3.8, 4) is 11.5 Å². The maximum absolute atomic E-state index is 12.4. The Morgan fingerprint density at radius 1 is 1.08 bits per heavy atom. The zero-order valence-electron chi connectivity index (χ0n) is 15.0. The molecule has 1 aromatic carbocycles. The van der Waals surface area contributed by atoms with E-state index in [9.17, 15) is 9.59 Å². The highest BCUT2D eigenvalue weighted by atomic mass is 16.5. The van der Waals surface area contributed by atoms with Gasteiger partial charge in [-0.2, -0.15) is 0 Å². The Balaban J connectivity index is 1.83. The van der Waals surface area contributed by atoms with E-state index >= 15 is 0 Å². The average Bonchev–Trinajstić information content (AvgIpc) is 2.90. The summed E-state index contributed by atoms with van der Waals surface area (Å²) in [6.07, 6.45) is 1.67. The van der Waals surface area contributed by atoms with E-state index in [0.717, 1.165) is 12.8 Å². The van der Waals surface area contributed by atoms with Crippen LogP contribution in [0.15, 0.2) is 24.3 Å². The molecule has 1 aromatic rings. The standard InChI is InChI=1S/C18H27N3O4/c1-3-9-19-18(23)21-11-6-10-20(12-13-21)17(22)14-25-16-8-5-4-7-15(16)24-2/h4-5,7-8H,3,6,9-14H2,1-2H3,(H,19,23). The van der Waals surface area contributed by atoms with E-state index in [-0.39, 0.29) is 18.5 Å². The summed E-state index contributed by atoms with van der Waals surface area (Å²) in [6.45, 7) is 5.00. The molecule has 138 valence electrons. The third-order valence-electron chi connectivity index (χ3n) is 4.08. The molecule has 0 radical (unpaired) electrons. The van der Waals surface area contributed by atoms with E-state index in [1.54, 1.807) is 29.0 Å². The quantitative estimate of drug-likeness (QED) is 0.849. The van der Waals surface area contributed by atoms with E-state index < -0.39 is 0 Å². The summed E-state index contributed by atoms with van der Waals surface area (Å²) in [5, 5.41) is 2.88. The lowest BCUT2D eigenvalue weighted by atomic mass is 10.3. The molecule has 1 saturated heterocycles. The number of hydrogen-bond donors (Lipinski definition) is 1. The van der Waals surface area contributed by atoms with Crippen LogP contribution in [0, 0.1) is 0 Å². The van der Waals surface area contributed by atoms with Crippen LogP contribution in [0.2, 0.25) is 0 Å². The summed E-state index contributed by atoms with van der Waals surface area (Å²) < 4.78 is 10.8. The molecule has 0 aliphatic carbocycles. The van der Waals surface area contributed by atoms with Crippen LogP contribution in [0.1, 0.15) is 19.8 Å². The topological polar surface area (TPSA) is 71.1 Å². The van der Waals surface area contributed by atoms with Crippen molar-refractivity contribution < 1.29 is 19.1 Å². The molecular formula is C18H27N3O4. The van der Waals surface area contributed by atoms with Crippen LogP contribution in [0.5, 0.6) is 11.5 Å². The molecule has 0 atom stereocenters. The zero-order chi connectivity index (χ0) is 18.1. The van der Waals surface area contributed by atoms with Gasteiger partial charge in [-0.25, -0.2) is 4.79 Å². The molecule has 7 nitrogen and oxygen atoms in total. The molecule has 1 heterocycles. The van der Waals surface area contributed by atoms with Gasteiger partial charge in [-0.1, -0.05) is 19.1 Å². The number of hydrogen-bond acceptors (Lipinski definition) is 4. The minimum atomic E-state index is -0.0817. The molecule has 0 spiro atoms. The van der Waals surface area contributed by atoms with Gasteiger partial charge in [-0.15, -0.1) is 0 Å². The maximum atomic E-state index is 12.4. The van der Waals surface area contributed by atoms with E-state index in [2.05, 4.69) is 5.32 Å². The van der Waals surface area contributed by atoms with E-state index in [4.69, 9.17) is 9.47 Å². The molecule has 3 amide bonds. The molecule has 2 rings (SSSR count). The summed E-state index contributed by atoms with van der Waals surface area (Å²) >= 11 is 0. The van der Waals surface area contributed by atoms with Gasteiger partial charge in [0.2, 0.25) is 0 Å². The van der Waals surface area contributed by atoms with Crippen molar-refractivity contribution in [2.75, 3.05) is 46.4 Å². The fraction of sp³-hybridized carbons (Fsp3) is 0.556. The van der Waals surface area contributed by atoms with Crippen LogP contribution in [-0.2, 0) is 4.79 Å². The second-order valence-corrected chi connectivity index (χ2v) is 5.89. The highest BCUT2D eigenvalue weighted by molar-refractivity contribution is 5.78. The van der Waals surface area contributed by atoms with Gasteiger partial charge in [-0.3, -0.25) is 4.79 Å². The smallest absolute Gasteiger partial charge is 0.317 e. The molecule has 1 fully saturated rings. The van der Waals surface area contributed by atoms with Gasteiger partial charge in [0.15, 0.2) is 18.1 Å². The molecule has 1 aliphatic heterocycles. The lowest BCUT2D eigenvalue weighted by Crippen LogP contribution is -2.43. The number of methoxy groups -OCH3 is 1. The van der Waals surface area contributed by atoms with Crippen LogP contribution in [0.4, 0.5) is 4.79 Å². The van der Waals surface area contributed by atoms with E-state index in [1.807, 2.05) is 19.1 Å². The fourth-order valence-corrected chi connectivity index (χ4v) is 2.68. The van der Waals surface area contributed by atoms with Crippen molar-refractivity contribution in [3.63, 3.8) is 0 Å². The van der Waals surface area contributed by atoms with Gasteiger partial charge in [0, 0.05) is 32.7 Å². The summed E-state index contributed by atoms with van der Waals surface area (Å²) in [6, 6.07) is 7.19. The molecule has 0 aromatic heterocycles. The Bertz CT molecular complexity index is 579. The molecule has 1 aliphatic rings. The number of nitrogens with one attached hydrogen (secondary N) is 1. The van der Waals surface area contributed by atoms with Crippen LogP contribution < -0.4 is 14.8 Å².